The van der Waals surface area contributed by atoms with Crippen molar-refractivity contribution in [1.82, 2.24) is 20.0 Å². The topological polar surface area (TPSA) is 34.1 Å². The van der Waals surface area contributed by atoms with Gasteiger partial charge in [0.1, 0.15) is 0 Å². The highest BCUT2D eigenvalue weighted by atomic mass is 15.3. The maximum Gasteiger partial charge on any atom is 0.193 e. The molecule has 1 aromatic rings. The minimum absolute atomic E-state index is 0.438. The Labute approximate surface area is 160 Å². The van der Waals surface area contributed by atoms with E-state index in [-0.39, 0.29) is 0 Å². The van der Waals surface area contributed by atoms with E-state index in [9.17, 15) is 0 Å². The Morgan fingerprint density at radius 1 is 1.27 bits per heavy atom. The van der Waals surface area contributed by atoms with Crippen molar-refractivity contribution in [2.24, 2.45) is 4.99 Å². The van der Waals surface area contributed by atoms with Crippen LogP contribution in [0.4, 0.5) is 0 Å². The molecule has 5 nitrogen and oxygen atoms in total. The molecule has 0 radical (unpaired) electrons. The third-order valence-corrected chi connectivity index (χ3v) is 5.59. The molecule has 146 valence electrons. The summed E-state index contributed by atoms with van der Waals surface area (Å²) >= 11 is 0. The van der Waals surface area contributed by atoms with Crippen LogP contribution in [0.5, 0.6) is 0 Å². The van der Waals surface area contributed by atoms with Gasteiger partial charge in [-0.1, -0.05) is 44.2 Å². The third-order valence-electron chi connectivity index (χ3n) is 5.59. The van der Waals surface area contributed by atoms with Crippen molar-refractivity contribution < 1.29 is 0 Å². The number of guanidine groups is 1. The molecular formula is C21H37N5. The Morgan fingerprint density at radius 3 is 2.58 bits per heavy atom. The molecule has 1 heterocycles. The molecular weight excluding hydrogens is 322 g/mol. The first-order valence-electron chi connectivity index (χ1n) is 10.0. The molecule has 1 aliphatic heterocycles. The normalized spacial score (nSPS) is 19.4. The Morgan fingerprint density at radius 2 is 1.96 bits per heavy atom. The quantitative estimate of drug-likeness (QED) is 0.571. The molecule has 26 heavy (non-hydrogen) atoms. The van der Waals surface area contributed by atoms with Gasteiger partial charge in [0.2, 0.25) is 0 Å². The number of rotatable bonds is 8. The lowest BCUT2D eigenvalue weighted by molar-refractivity contribution is 0.222. The van der Waals surface area contributed by atoms with Gasteiger partial charge < -0.3 is 10.2 Å². The first-order valence-corrected chi connectivity index (χ1v) is 10.0. The first-order chi connectivity index (χ1) is 12.6. The summed E-state index contributed by atoms with van der Waals surface area (Å²) < 4.78 is 0. The van der Waals surface area contributed by atoms with Gasteiger partial charge in [-0.15, -0.1) is 0 Å². The number of likely N-dealkylation sites (tertiary alicyclic amines) is 1. The zero-order valence-corrected chi connectivity index (χ0v) is 17.3. The maximum atomic E-state index is 4.53. The standard InChI is InChI=1S/C21H37N5/c1-6-25(7-2)20-13-14-26(17-20)21(22-4)23-15-18(3)24(5)16-19-11-9-8-10-12-19/h8-12,18,20H,6-7,13-17H2,1-5H3,(H,22,23). The lowest BCUT2D eigenvalue weighted by Crippen LogP contribution is -2.47. The molecule has 2 rings (SSSR count). The van der Waals surface area contributed by atoms with E-state index in [0.717, 1.165) is 45.2 Å². The van der Waals surface area contributed by atoms with Crippen LogP contribution >= 0.6 is 0 Å². The van der Waals surface area contributed by atoms with Crippen LogP contribution in [0.25, 0.3) is 0 Å². The van der Waals surface area contributed by atoms with E-state index in [0.29, 0.717) is 12.1 Å². The fourth-order valence-electron chi connectivity index (χ4n) is 3.73. The predicted molar refractivity (Wildman–Crippen MR) is 112 cm³/mol. The molecule has 1 aliphatic rings. The van der Waals surface area contributed by atoms with Crippen LogP contribution in [-0.4, -0.2) is 79.6 Å². The molecule has 1 fully saturated rings. The van der Waals surface area contributed by atoms with Gasteiger partial charge >= 0.3 is 0 Å². The number of nitrogens with one attached hydrogen (secondary N) is 1. The molecule has 0 saturated carbocycles. The highest BCUT2D eigenvalue weighted by Gasteiger charge is 2.28. The van der Waals surface area contributed by atoms with Crippen LogP contribution < -0.4 is 5.32 Å². The fourth-order valence-corrected chi connectivity index (χ4v) is 3.73. The summed E-state index contributed by atoms with van der Waals surface area (Å²) in [4.78, 5) is 11.9. The largest absolute Gasteiger partial charge is 0.355 e. The number of likely N-dealkylation sites (N-methyl/N-ethyl adjacent to an activating group) is 2. The van der Waals surface area contributed by atoms with Crippen molar-refractivity contribution in [2.45, 2.75) is 45.8 Å². The van der Waals surface area contributed by atoms with Gasteiger partial charge in [0.05, 0.1) is 0 Å². The molecule has 1 N–H and O–H groups in total. The van der Waals surface area contributed by atoms with E-state index >= 15 is 0 Å². The summed E-state index contributed by atoms with van der Waals surface area (Å²) in [6, 6.07) is 11.7. The molecule has 2 unspecified atom stereocenters. The van der Waals surface area contributed by atoms with E-state index in [4.69, 9.17) is 0 Å². The van der Waals surface area contributed by atoms with E-state index in [1.54, 1.807) is 0 Å². The van der Waals surface area contributed by atoms with Gasteiger partial charge in [0, 0.05) is 45.3 Å². The SMILES string of the molecule is CCN(CC)C1CCN(C(=NC)NCC(C)N(C)Cc2ccccc2)C1. The molecule has 0 spiro atoms. The van der Waals surface area contributed by atoms with Crippen LogP contribution in [0.1, 0.15) is 32.8 Å². The van der Waals surface area contributed by atoms with Gasteiger partial charge in [-0.3, -0.25) is 14.8 Å². The Bertz CT molecular complexity index is 541. The number of nitrogens with zero attached hydrogens (tertiary/aromatic N) is 4. The second-order valence-electron chi connectivity index (χ2n) is 7.29. The van der Waals surface area contributed by atoms with Crippen LogP contribution in [-0.2, 0) is 6.54 Å². The van der Waals surface area contributed by atoms with E-state index < -0.39 is 0 Å². The zero-order chi connectivity index (χ0) is 18.9. The fraction of sp³-hybridized carbons (Fsp3) is 0.667. The second kappa shape index (κ2) is 10.5. The molecule has 0 aromatic heterocycles. The van der Waals surface area contributed by atoms with Crippen LogP contribution in [0, 0.1) is 0 Å². The average Bonchev–Trinajstić information content (AvgIpc) is 3.13. The number of hydrogen-bond donors (Lipinski definition) is 1. The third kappa shape index (κ3) is 5.71. The average molecular weight is 360 g/mol. The van der Waals surface area contributed by atoms with Gasteiger partial charge in [-0.2, -0.15) is 0 Å². The molecule has 1 aromatic carbocycles. The Balaban J connectivity index is 1.81. The van der Waals surface area contributed by atoms with Crippen molar-refractivity contribution in [3.63, 3.8) is 0 Å². The number of aliphatic imine (C=N–C) groups is 1. The van der Waals surface area contributed by atoms with Crippen molar-refractivity contribution in [3.8, 4) is 0 Å². The summed E-state index contributed by atoms with van der Waals surface area (Å²) in [5.74, 6) is 1.04. The van der Waals surface area contributed by atoms with Gasteiger partial charge in [0.15, 0.2) is 5.96 Å². The smallest absolute Gasteiger partial charge is 0.193 e. The summed E-state index contributed by atoms with van der Waals surface area (Å²) in [5.41, 5.74) is 1.35. The molecule has 0 amide bonds. The molecule has 0 bridgehead atoms. The summed E-state index contributed by atoms with van der Waals surface area (Å²) in [6.45, 7) is 13.1. The lowest BCUT2D eigenvalue weighted by Gasteiger charge is -2.29. The predicted octanol–water partition coefficient (Wildman–Crippen LogP) is 2.50. The monoisotopic (exact) mass is 359 g/mol. The minimum Gasteiger partial charge on any atom is -0.355 e. The Hall–Kier alpha value is -1.59. The lowest BCUT2D eigenvalue weighted by atomic mass is 10.2. The van der Waals surface area contributed by atoms with Crippen molar-refractivity contribution in [3.05, 3.63) is 35.9 Å². The highest BCUT2D eigenvalue weighted by Crippen LogP contribution is 2.15. The molecule has 2 atom stereocenters. The van der Waals surface area contributed by atoms with Crippen molar-refractivity contribution in [2.75, 3.05) is 46.8 Å². The van der Waals surface area contributed by atoms with E-state index in [1.165, 1.54) is 12.0 Å². The van der Waals surface area contributed by atoms with Gasteiger partial charge in [-0.25, -0.2) is 0 Å². The van der Waals surface area contributed by atoms with Crippen LogP contribution in [0.3, 0.4) is 0 Å². The van der Waals surface area contributed by atoms with Gasteiger partial charge in [0.25, 0.3) is 0 Å². The van der Waals surface area contributed by atoms with E-state index in [1.807, 2.05) is 7.05 Å². The molecule has 1 saturated heterocycles. The zero-order valence-electron chi connectivity index (χ0n) is 17.3. The number of benzene rings is 1. The first kappa shape index (κ1) is 20.7. The minimum atomic E-state index is 0.438. The van der Waals surface area contributed by atoms with Crippen LogP contribution in [0.2, 0.25) is 0 Å². The summed E-state index contributed by atoms with van der Waals surface area (Å²) in [7, 11) is 4.08. The second-order valence-corrected chi connectivity index (χ2v) is 7.29. The summed E-state index contributed by atoms with van der Waals surface area (Å²) in [6.07, 6.45) is 1.23. The molecule has 5 heteroatoms. The molecule has 0 aliphatic carbocycles. The van der Waals surface area contributed by atoms with Crippen LogP contribution in [0.15, 0.2) is 35.3 Å². The maximum absolute atomic E-state index is 4.53. The summed E-state index contributed by atoms with van der Waals surface area (Å²) in [5, 5.41) is 3.59. The van der Waals surface area contributed by atoms with Crippen molar-refractivity contribution in [1.29, 1.82) is 0 Å². The number of hydrogen-bond acceptors (Lipinski definition) is 3. The van der Waals surface area contributed by atoms with E-state index in [2.05, 4.69) is 83.2 Å². The van der Waals surface area contributed by atoms with Gasteiger partial charge in [-0.05, 0) is 39.0 Å². The highest BCUT2D eigenvalue weighted by molar-refractivity contribution is 5.80. The van der Waals surface area contributed by atoms with Crippen molar-refractivity contribution >= 4 is 5.96 Å². The Kier molecular flexibility index (Phi) is 8.39.